The first kappa shape index (κ1) is 13.1. The van der Waals surface area contributed by atoms with Crippen molar-refractivity contribution >= 4 is 28.6 Å². The Kier molecular flexibility index (Phi) is 2.66. The van der Waals surface area contributed by atoms with Gasteiger partial charge in [-0.1, -0.05) is 0 Å². The minimum atomic E-state index is -0.942. The van der Waals surface area contributed by atoms with E-state index in [4.69, 9.17) is 5.11 Å². The molecule has 2 aliphatic heterocycles. The number of carboxylic acid groups (broad SMARTS) is 1. The highest BCUT2D eigenvalue weighted by Gasteiger charge is 2.52. The summed E-state index contributed by atoms with van der Waals surface area (Å²) in [4.78, 5) is 27.1. The monoisotopic (exact) mass is 300 g/mol. The number of anilines is 1. The SMILES string of the molecule is O=C(O)N1CCC2(CCN(c3ccc4[nH]ncc4c3)C2=O)C1. The summed E-state index contributed by atoms with van der Waals surface area (Å²) in [7, 11) is 0. The summed E-state index contributed by atoms with van der Waals surface area (Å²) in [6.45, 7) is 1.39. The number of H-pyrrole nitrogens is 1. The van der Waals surface area contributed by atoms with Crippen molar-refractivity contribution in [1.29, 1.82) is 0 Å². The van der Waals surface area contributed by atoms with Gasteiger partial charge in [0.05, 0.1) is 17.1 Å². The van der Waals surface area contributed by atoms with Crippen molar-refractivity contribution in [1.82, 2.24) is 15.1 Å². The van der Waals surface area contributed by atoms with Gasteiger partial charge in [0.2, 0.25) is 5.91 Å². The number of nitrogens with one attached hydrogen (secondary N) is 1. The second kappa shape index (κ2) is 4.46. The smallest absolute Gasteiger partial charge is 0.407 e. The normalized spacial score (nSPS) is 24.8. The summed E-state index contributed by atoms with van der Waals surface area (Å²) in [5, 5.41) is 17.0. The first-order chi connectivity index (χ1) is 10.6. The minimum Gasteiger partial charge on any atom is -0.465 e. The van der Waals surface area contributed by atoms with E-state index in [-0.39, 0.29) is 5.91 Å². The Bertz CT molecular complexity index is 771. The molecule has 1 spiro atoms. The Labute approximate surface area is 126 Å². The third-order valence-electron chi connectivity index (χ3n) is 4.87. The van der Waals surface area contributed by atoms with Gasteiger partial charge in [0.1, 0.15) is 0 Å². The van der Waals surface area contributed by atoms with Crippen molar-refractivity contribution in [2.75, 3.05) is 24.5 Å². The number of hydrogen-bond donors (Lipinski definition) is 2. The summed E-state index contributed by atoms with van der Waals surface area (Å²) < 4.78 is 0. The van der Waals surface area contributed by atoms with Crippen LogP contribution in [-0.2, 0) is 4.79 Å². The minimum absolute atomic E-state index is 0.0408. The van der Waals surface area contributed by atoms with Crippen LogP contribution in [0.2, 0.25) is 0 Å². The van der Waals surface area contributed by atoms with Gasteiger partial charge >= 0.3 is 6.09 Å². The summed E-state index contributed by atoms with van der Waals surface area (Å²) >= 11 is 0. The zero-order valence-corrected chi connectivity index (χ0v) is 12.0. The second-order valence-electron chi connectivity index (χ2n) is 6.08. The Balaban J connectivity index is 1.62. The third-order valence-corrected chi connectivity index (χ3v) is 4.87. The Morgan fingerprint density at radius 2 is 2.14 bits per heavy atom. The molecule has 1 aromatic carbocycles. The second-order valence-corrected chi connectivity index (χ2v) is 6.08. The first-order valence-corrected chi connectivity index (χ1v) is 7.32. The predicted molar refractivity (Wildman–Crippen MR) is 79.7 cm³/mol. The van der Waals surface area contributed by atoms with E-state index in [1.807, 2.05) is 18.2 Å². The molecule has 1 unspecified atom stereocenters. The van der Waals surface area contributed by atoms with Gasteiger partial charge in [0.25, 0.3) is 0 Å². The topological polar surface area (TPSA) is 89.5 Å². The van der Waals surface area contributed by atoms with Crippen LogP contribution in [0.1, 0.15) is 12.8 Å². The van der Waals surface area contributed by atoms with Gasteiger partial charge in [-0.2, -0.15) is 5.10 Å². The lowest BCUT2D eigenvalue weighted by Gasteiger charge is -2.23. The number of nitrogens with zero attached hydrogens (tertiary/aromatic N) is 3. The maximum absolute atomic E-state index is 12.9. The molecule has 7 heteroatoms. The molecule has 2 aromatic rings. The van der Waals surface area contributed by atoms with Crippen LogP contribution < -0.4 is 4.90 Å². The molecule has 1 aromatic heterocycles. The van der Waals surface area contributed by atoms with Crippen LogP contribution in [-0.4, -0.2) is 51.8 Å². The number of carbonyl (C=O) groups is 2. The van der Waals surface area contributed by atoms with Gasteiger partial charge in [-0.3, -0.25) is 9.89 Å². The molecule has 7 nitrogen and oxygen atoms in total. The molecule has 2 aliphatic rings. The van der Waals surface area contributed by atoms with E-state index in [1.54, 1.807) is 11.1 Å². The van der Waals surface area contributed by atoms with E-state index >= 15 is 0 Å². The van der Waals surface area contributed by atoms with Crippen molar-refractivity contribution < 1.29 is 14.7 Å². The number of benzene rings is 1. The molecule has 2 saturated heterocycles. The zero-order valence-electron chi connectivity index (χ0n) is 12.0. The van der Waals surface area contributed by atoms with Crippen LogP contribution in [0.15, 0.2) is 24.4 Å². The third kappa shape index (κ3) is 1.78. The lowest BCUT2D eigenvalue weighted by molar-refractivity contribution is -0.124. The van der Waals surface area contributed by atoms with Crippen molar-refractivity contribution in [3.8, 4) is 0 Å². The van der Waals surface area contributed by atoms with Crippen molar-refractivity contribution in [3.05, 3.63) is 24.4 Å². The molecular formula is C15H16N4O3. The quantitative estimate of drug-likeness (QED) is 0.838. The fraction of sp³-hybridized carbons (Fsp3) is 0.400. The fourth-order valence-electron chi connectivity index (χ4n) is 3.58. The maximum atomic E-state index is 12.9. The molecule has 1 atom stereocenters. The number of likely N-dealkylation sites (tertiary alicyclic amines) is 1. The molecular weight excluding hydrogens is 284 g/mol. The highest BCUT2D eigenvalue weighted by atomic mass is 16.4. The highest BCUT2D eigenvalue weighted by molar-refractivity contribution is 6.01. The molecule has 2 amide bonds. The van der Waals surface area contributed by atoms with Crippen LogP contribution in [0.25, 0.3) is 10.9 Å². The molecule has 3 heterocycles. The molecule has 0 aliphatic carbocycles. The van der Waals surface area contributed by atoms with E-state index < -0.39 is 11.5 Å². The highest BCUT2D eigenvalue weighted by Crippen LogP contribution is 2.42. The molecule has 0 radical (unpaired) electrons. The largest absolute Gasteiger partial charge is 0.465 e. The standard InChI is InChI=1S/C15H16N4O3/c20-13-15(3-5-18(9-15)14(21)22)4-6-19(13)11-1-2-12-10(7-11)8-16-17-12/h1-2,7-8H,3-6,9H2,(H,16,17)(H,21,22). The molecule has 0 bridgehead atoms. The van der Waals surface area contributed by atoms with E-state index in [9.17, 15) is 9.59 Å². The van der Waals surface area contributed by atoms with Crippen LogP contribution in [0.5, 0.6) is 0 Å². The van der Waals surface area contributed by atoms with Crippen molar-refractivity contribution in [2.24, 2.45) is 5.41 Å². The number of amides is 2. The van der Waals surface area contributed by atoms with E-state index in [2.05, 4.69) is 10.2 Å². The van der Waals surface area contributed by atoms with Crippen molar-refractivity contribution in [2.45, 2.75) is 12.8 Å². The van der Waals surface area contributed by atoms with Crippen LogP contribution in [0.4, 0.5) is 10.5 Å². The van der Waals surface area contributed by atoms with E-state index in [1.165, 1.54) is 4.90 Å². The van der Waals surface area contributed by atoms with Crippen LogP contribution >= 0.6 is 0 Å². The van der Waals surface area contributed by atoms with Gasteiger partial charge in [0, 0.05) is 30.7 Å². The predicted octanol–water partition coefficient (Wildman–Crippen LogP) is 1.67. The van der Waals surface area contributed by atoms with Gasteiger partial charge < -0.3 is 14.9 Å². The Morgan fingerprint density at radius 3 is 2.91 bits per heavy atom. The molecule has 0 saturated carbocycles. The van der Waals surface area contributed by atoms with Gasteiger partial charge in [-0.05, 0) is 31.0 Å². The van der Waals surface area contributed by atoms with Gasteiger partial charge in [-0.25, -0.2) is 4.79 Å². The summed E-state index contributed by atoms with van der Waals surface area (Å²) in [6.07, 6.45) is 2.11. The molecule has 114 valence electrons. The number of aromatic amines is 1. The van der Waals surface area contributed by atoms with Crippen LogP contribution in [0, 0.1) is 5.41 Å². The summed E-state index contributed by atoms with van der Waals surface area (Å²) in [6, 6.07) is 5.76. The van der Waals surface area contributed by atoms with Crippen molar-refractivity contribution in [3.63, 3.8) is 0 Å². The number of fused-ring (bicyclic) bond motifs is 1. The van der Waals surface area contributed by atoms with Gasteiger partial charge in [0.15, 0.2) is 0 Å². The zero-order chi connectivity index (χ0) is 15.3. The average molecular weight is 300 g/mol. The van der Waals surface area contributed by atoms with Crippen LogP contribution in [0.3, 0.4) is 0 Å². The number of hydrogen-bond acceptors (Lipinski definition) is 3. The molecule has 4 rings (SSSR count). The number of carbonyl (C=O) groups excluding carboxylic acids is 1. The molecule has 2 N–H and O–H groups in total. The Morgan fingerprint density at radius 1 is 1.32 bits per heavy atom. The summed E-state index contributed by atoms with van der Waals surface area (Å²) in [5.74, 6) is 0.0408. The summed E-state index contributed by atoms with van der Waals surface area (Å²) in [5.41, 5.74) is 1.25. The average Bonchev–Trinajstić information content (AvgIpc) is 3.20. The van der Waals surface area contributed by atoms with Gasteiger partial charge in [-0.15, -0.1) is 0 Å². The number of rotatable bonds is 1. The van der Waals surface area contributed by atoms with E-state index in [0.29, 0.717) is 32.5 Å². The lowest BCUT2D eigenvalue weighted by atomic mass is 9.85. The lowest BCUT2D eigenvalue weighted by Crippen LogP contribution is -2.38. The van der Waals surface area contributed by atoms with E-state index in [0.717, 1.165) is 16.6 Å². The maximum Gasteiger partial charge on any atom is 0.407 e. The number of aromatic nitrogens is 2. The Hall–Kier alpha value is -2.57. The first-order valence-electron chi connectivity index (χ1n) is 7.32. The fourth-order valence-corrected chi connectivity index (χ4v) is 3.58. The molecule has 2 fully saturated rings. The molecule has 22 heavy (non-hydrogen) atoms.